The van der Waals surface area contributed by atoms with Gasteiger partial charge in [-0.25, -0.2) is 9.97 Å². The van der Waals surface area contributed by atoms with Gasteiger partial charge in [-0.05, 0) is 44.2 Å². The molecule has 0 aliphatic carbocycles. The van der Waals surface area contributed by atoms with Gasteiger partial charge in [0.2, 0.25) is 0 Å². The molecule has 0 fully saturated rings. The number of ether oxygens (including phenoxy) is 1. The Kier molecular flexibility index (Phi) is 5.08. The number of hydrogen-bond acceptors (Lipinski definition) is 3. The van der Waals surface area contributed by atoms with E-state index in [4.69, 9.17) is 4.74 Å². The molecule has 0 bridgehead atoms. The van der Waals surface area contributed by atoms with E-state index in [2.05, 4.69) is 9.97 Å². The monoisotopic (exact) mass is 426 g/mol. The van der Waals surface area contributed by atoms with E-state index < -0.39 is 11.7 Å². The average molecular weight is 426 g/mol. The van der Waals surface area contributed by atoms with Gasteiger partial charge in [-0.3, -0.25) is 0 Å². The molecular weight excluding hydrogens is 405 g/mol. The fourth-order valence-electron chi connectivity index (χ4n) is 3.54. The first-order valence-electron chi connectivity index (χ1n) is 9.59. The van der Waals surface area contributed by atoms with Crippen molar-refractivity contribution < 1.29 is 17.9 Å². The Labute approximate surface area is 177 Å². The van der Waals surface area contributed by atoms with Gasteiger partial charge in [-0.1, -0.05) is 12.1 Å². The number of halogens is 3. The molecule has 0 radical (unpaired) electrons. The molecule has 160 valence electrons. The van der Waals surface area contributed by atoms with E-state index >= 15 is 0 Å². The average Bonchev–Trinajstić information content (AvgIpc) is 3.30. The molecule has 31 heavy (non-hydrogen) atoms. The maximum absolute atomic E-state index is 13.2. The van der Waals surface area contributed by atoms with E-state index in [-0.39, 0.29) is 0 Å². The lowest BCUT2D eigenvalue weighted by Gasteiger charge is -2.11. The van der Waals surface area contributed by atoms with Crippen molar-refractivity contribution in [2.24, 2.45) is 7.05 Å². The van der Waals surface area contributed by atoms with Gasteiger partial charge in [-0.2, -0.15) is 13.2 Å². The van der Waals surface area contributed by atoms with E-state index in [0.29, 0.717) is 22.8 Å². The van der Waals surface area contributed by atoms with Crippen molar-refractivity contribution in [1.82, 2.24) is 19.1 Å². The molecule has 0 aliphatic heterocycles. The zero-order chi connectivity index (χ0) is 22.3. The van der Waals surface area contributed by atoms with Crippen LogP contribution in [-0.2, 0) is 13.2 Å². The Morgan fingerprint density at radius 3 is 2.42 bits per heavy atom. The Morgan fingerprint density at radius 2 is 1.77 bits per heavy atom. The number of rotatable bonds is 4. The number of aromatic nitrogens is 4. The summed E-state index contributed by atoms with van der Waals surface area (Å²) in [5.41, 5.74) is 3.51. The molecule has 0 saturated carbocycles. The molecule has 4 aromatic rings. The van der Waals surface area contributed by atoms with Crippen molar-refractivity contribution in [3.63, 3.8) is 0 Å². The third kappa shape index (κ3) is 3.81. The highest BCUT2D eigenvalue weighted by Gasteiger charge is 2.31. The van der Waals surface area contributed by atoms with Crippen molar-refractivity contribution in [3.8, 4) is 34.1 Å². The second-order valence-electron chi connectivity index (χ2n) is 7.32. The molecule has 0 N–H and O–H groups in total. The molecule has 0 unspecified atom stereocenters. The first-order valence-corrected chi connectivity index (χ1v) is 9.59. The molecule has 0 spiro atoms. The number of hydrogen-bond donors (Lipinski definition) is 0. The van der Waals surface area contributed by atoms with Gasteiger partial charge < -0.3 is 13.9 Å². The van der Waals surface area contributed by atoms with Crippen LogP contribution in [0.2, 0.25) is 0 Å². The Morgan fingerprint density at radius 1 is 1.00 bits per heavy atom. The van der Waals surface area contributed by atoms with E-state index in [9.17, 15) is 13.2 Å². The van der Waals surface area contributed by atoms with Crippen LogP contribution in [0.4, 0.5) is 13.2 Å². The van der Waals surface area contributed by atoms with Crippen LogP contribution in [0.3, 0.4) is 0 Å². The molecule has 8 heteroatoms. The Bertz CT molecular complexity index is 1250. The Hall–Kier alpha value is -3.55. The summed E-state index contributed by atoms with van der Waals surface area (Å²) in [7, 11) is 3.43. The second kappa shape index (κ2) is 7.61. The lowest BCUT2D eigenvalue weighted by molar-refractivity contribution is -0.137. The number of alkyl halides is 3. The standard InChI is InChI=1S/C23H21F3N4O/c1-14-12-30(13-27-14)19-9-8-17(11-20(19)31-4)22-28-21(15(2)29(22)3)16-6-5-7-18(10-16)23(24,25)26/h5-13H,1-4H3. The van der Waals surface area contributed by atoms with Gasteiger partial charge >= 0.3 is 6.18 Å². The summed E-state index contributed by atoms with van der Waals surface area (Å²) in [4.78, 5) is 8.92. The van der Waals surface area contributed by atoms with Crippen molar-refractivity contribution in [3.05, 3.63) is 71.9 Å². The summed E-state index contributed by atoms with van der Waals surface area (Å²) < 4.78 is 48.8. The Balaban J connectivity index is 1.79. The van der Waals surface area contributed by atoms with Gasteiger partial charge in [0, 0.05) is 30.1 Å². The van der Waals surface area contributed by atoms with Crippen LogP contribution in [0.25, 0.3) is 28.3 Å². The number of methoxy groups -OCH3 is 1. The summed E-state index contributed by atoms with van der Waals surface area (Å²) in [6.45, 7) is 3.75. The number of benzene rings is 2. The molecule has 2 aromatic heterocycles. The van der Waals surface area contributed by atoms with Crippen LogP contribution >= 0.6 is 0 Å². The lowest BCUT2D eigenvalue weighted by atomic mass is 10.1. The summed E-state index contributed by atoms with van der Waals surface area (Å²) in [6.07, 6.45) is -0.798. The topological polar surface area (TPSA) is 44.9 Å². The number of imidazole rings is 2. The summed E-state index contributed by atoms with van der Waals surface area (Å²) in [5, 5.41) is 0. The molecule has 2 heterocycles. The minimum atomic E-state index is -4.41. The van der Waals surface area contributed by atoms with Gasteiger partial charge in [0.1, 0.15) is 11.6 Å². The van der Waals surface area contributed by atoms with Gasteiger partial charge in [0.25, 0.3) is 0 Å². The molecule has 0 saturated heterocycles. The molecule has 5 nitrogen and oxygen atoms in total. The highest BCUT2D eigenvalue weighted by Crippen LogP contribution is 2.35. The van der Waals surface area contributed by atoms with Crippen molar-refractivity contribution in [2.45, 2.75) is 20.0 Å². The van der Waals surface area contributed by atoms with Crippen LogP contribution in [-0.4, -0.2) is 26.2 Å². The molecule has 0 atom stereocenters. The van der Waals surface area contributed by atoms with E-state index in [0.717, 1.165) is 34.8 Å². The maximum atomic E-state index is 13.2. The molecule has 2 aromatic carbocycles. The molecule has 0 amide bonds. The highest BCUT2D eigenvalue weighted by molar-refractivity contribution is 5.70. The number of nitrogens with zero attached hydrogens (tertiary/aromatic N) is 4. The second-order valence-corrected chi connectivity index (χ2v) is 7.32. The predicted octanol–water partition coefficient (Wildman–Crippen LogP) is 5.58. The predicted molar refractivity (Wildman–Crippen MR) is 112 cm³/mol. The van der Waals surface area contributed by atoms with Crippen LogP contribution in [0.1, 0.15) is 17.0 Å². The van der Waals surface area contributed by atoms with E-state index in [1.807, 2.05) is 54.4 Å². The fourth-order valence-corrected chi connectivity index (χ4v) is 3.54. The molecule has 0 aliphatic rings. The largest absolute Gasteiger partial charge is 0.495 e. The van der Waals surface area contributed by atoms with Crippen molar-refractivity contribution in [1.29, 1.82) is 0 Å². The van der Waals surface area contributed by atoms with Gasteiger partial charge in [0.05, 0.1) is 36.1 Å². The zero-order valence-corrected chi connectivity index (χ0v) is 17.5. The smallest absolute Gasteiger partial charge is 0.416 e. The van der Waals surface area contributed by atoms with Crippen molar-refractivity contribution in [2.75, 3.05) is 7.11 Å². The van der Waals surface area contributed by atoms with E-state index in [1.165, 1.54) is 6.07 Å². The number of aryl methyl sites for hydroxylation is 1. The van der Waals surface area contributed by atoms with E-state index in [1.54, 1.807) is 19.5 Å². The first kappa shape index (κ1) is 20.7. The molecular formula is C23H21F3N4O. The quantitative estimate of drug-likeness (QED) is 0.428. The van der Waals surface area contributed by atoms with Crippen LogP contribution in [0.15, 0.2) is 55.0 Å². The van der Waals surface area contributed by atoms with Crippen LogP contribution in [0.5, 0.6) is 5.75 Å². The minimum absolute atomic E-state index is 0.423. The van der Waals surface area contributed by atoms with Crippen LogP contribution in [0, 0.1) is 13.8 Å². The zero-order valence-electron chi connectivity index (χ0n) is 17.5. The normalized spacial score (nSPS) is 11.7. The minimum Gasteiger partial charge on any atom is -0.495 e. The SMILES string of the molecule is COc1cc(-c2nc(-c3cccc(C(F)(F)F)c3)c(C)n2C)ccc1-n1cnc(C)c1. The summed E-state index contributed by atoms with van der Waals surface area (Å²) >= 11 is 0. The maximum Gasteiger partial charge on any atom is 0.416 e. The summed E-state index contributed by atoms with van der Waals surface area (Å²) in [5.74, 6) is 1.27. The third-order valence-electron chi connectivity index (χ3n) is 5.27. The fraction of sp³-hybridized carbons (Fsp3) is 0.217. The van der Waals surface area contributed by atoms with Gasteiger partial charge in [0.15, 0.2) is 0 Å². The van der Waals surface area contributed by atoms with Crippen molar-refractivity contribution >= 4 is 0 Å². The highest BCUT2D eigenvalue weighted by atomic mass is 19.4. The summed E-state index contributed by atoms with van der Waals surface area (Å²) in [6, 6.07) is 10.9. The lowest BCUT2D eigenvalue weighted by Crippen LogP contribution is -2.04. The third-order valence-corrected chi connectivity index (χ3v) is 5.27. The van der Waals surface area contributed by atoms with Gasteiger partial charge in [-0.15, -0.1) is 0 Å². The first-order chi connectivity index (χ1) is 14.7. The van der Waals surface area contributed by atoms with Crippen LogP contribution < -0.4 is 4.74 Å². The molecule has 4 rings (SSSR count).